The van der Waals surface area contributed by atoms with E-state index in [4.69, 9.17) is 0 Å². The molecule has 0 rings (SSSR count). The molecular formula is C6H9Br2F. The van der Waals surface area contributed by atoms with Gasteiger partial charge in [-0.3, -0.25) is 4.39 Å². The fourth-order valence-corrected chi connectivity index (χ4v) is 0.727. The van der Waals surface area contributed by atoms with Crippen LogP contribution in [0, 0.1) is 0 Å². The molecule has 0 aliphatic rings. The molecule has 0 saturated heterocycles. The Kier molecular flexibility index (Phi) is 4.76. The van der Waals surface area contributed by atoms with Crippen LogP contribution in [-0.4, -0.2) is 9.91 Å². The molecule has 0 nitrogen and oxygen atoms in total. The van der Waals surface area contributed by atoms with Gasteiger partial charge >= 0.3 is 0 Å². The third kappa shape index (κ3) is 8.63. The zero-order valence-electron chi connectivity index (χ0n) is 5.20. The first-order valence-corrected chi connectivity index (χ1v) is 4.26. The fraction of sp³-hybridized carbons (Fsp3) is 0.667. The molecule has 0 amide bonds. The van der Waals surface area contributed by atoms with Crippen LogP contribution in [0.25, 0.3) is 0 Å². The van der Waals surface area contributed by atoms with Crippen molar-refractivity contribution in [2.45, 2.75) is 16.6 Å². The Hall–Kier alpha value is 0.630. The third-order valence-electron chi connectivity index (χ3n) is 0.686. The highest BCUT2D eigenvalue weighted by Crippen LogP contribution is 2.26. The molecule has 0 bridgehead atoms. The second-order valence-electron chi connectivity index (χ2n) is 1.84. The number of halogens is 3. The molecule has 0 radical (unpaired) electrons. The Labute approximate surface area is 71.8 Å². The summed E-state index contributed by atoms with van der Waals surface area (Å²) >= 11 is 6.63. The number of hydrogen-bond acceptors (Lipinski definition) is 0. The summed E-state index contributed by atoms with van der Waals surface area (Å²) in [4.78, 5) is 0. The largest absolute Gasteiger partial charge is 0.251 e. The molecule has 54 valence electrons. The maximum absolute atomic E-state index is 11.5. The van der Waals surface area contributed by atoms with Gasteiger partial charge in [0.25, 0.3) is 0 Å². The molecule has 0 N–H and O–H groups in total. The van der Waals surface area contributed by atoms with E-state index in [1.807, 2.05) is 13.0 Å². The quantitative estimate of drug-likeness (QED) is 0.538. The van der Waals surface area contributed by atoms with E-state index in [1.165, 1.54) is 0 Å². The predicted octanol–water partition coefficient (Wildman–Crippen LogP) is 3.41. The lowest BCUT2D eigenvalue weighted by Gasteiger charge is -2.04. The smallest absolute Gasteiger partial charge is 0.0956 e. The minimum Gasteiger partial charge on any atom is -0.251 e. The standard InChI is InChI=1S/C6H9Br2F/c1-6(7,8)4-2-3-5-9/h2,4H,3,5H2,1H3/b4-2-. The van der Waals surface area contributed by atoms with Crippen molar-refractivity contribution in [3.8, 4) is 0 Å². The average Bonchev–Trinajstić information content (AvgIpc) is 1.63. The lowest BCUT2D eigenvalue weighted by Crippen LogP contribution is -1.96. The minimum absolute atomic E-state index is 0.171. The van der Waals surface area contributed by atoms with E-state index in [0.717, 1.165) is 0 Å². The van der Waals surface area contributed by atoms with Crippen LogP contribution in [-0.2, 0) is 0 Å². The number of rotatable bonds is 3. The molecule has 0 fully saturated rings. The average molecular weight is 260 g/mol. The van der Waals surface area contributed by atoms with E-state index >= 15 is 0 Å². The summed E-state index contributed by atoms with van der Waals surface area (Å²) in [6.45, 7) is 1.65. The van der Waals surface area contributed by atoms with Crippen molar-refractivity contribution in [2.24, 2.45) is 0 Å². The molecule has 0 heterocycles. The van der Waals surface area contributed by atoms with Crippen LogP contribution >= 0.6 is 31.9 Å². The van der Waals surface area contributed by atoms with Crippen LogP contribution in [0.15, 0.2) is 12.2 Å². The summed E-state index contributed by atoms with van der Waals surface area (Å²) in [6.07, 6.45) is 4.16. The van der Waals surface area contributed by atoms with Crippen LogP contribution in [0.2, 0.25) is 0 Å². The molecule has 0 aliphatic heterocycles. The first-order valence-electron chi connectivity index (χ1n) is 2.68. The molecule has 0 aromatic carbocycles. The van der Waals surface area contributed by atoms with Crippen molar-refractivity contribution >= 4 is 31.9 Å². The molecule has 0 aromatic heterocycles. The molecule has 3 heteroatoms. The molecule has 0 aromatic rings. The second kappa shape index (κ2) is 4.45. The SMILES string of the molecule is CC(Br)(Br)/C=C\CCF. The Bertz CT molecular complexity index is 93.7. The normalized spacial score (nSPS) is 12.9. The topological polar surface area (TPSA) is 0 Å². The van der Waals surface area contributed by atoms with Crippen molar-refractivity contribution in [1.29, 1.82) is 0 Å². The van der Waals surface area contributed by atoms with Crippen LogP contribution in [0.3, 0.4) is 0 Å². The summed E-state index contributed by atoms with van der Waals surface area (Å²) in [5.74, 6) is 0. The van der Waals surface area contributed by atoms with Crippen LogP contribution < -0.4 is 0 Å². The lowest BCUT2D eigenvalue weighted by molar-refractivity contribution is 0.501. The van der Waals surface area contributed by atoms with Crippen LogP contribution in [0.1, 0.15) is 13.3 Å². The van der Waals surface area contributed by atoms with Gasteiger partial charge in [-0.25, -0.2) is 0 Å². The van der Waals surface area contributed by atoms with Gasteiger partial charge in [0.15, 0.2) is 0 Å². The number of allylic oxidation sites excluding steroid dienone is 2. The summed E-state index contributed by atoms with van der Waals surface area (Å²) in [5.41, 5.74) is 0. The molecule has 0 atom stereocenters. The zero-order valence-corrected chi connectivity index (χ0v) is 8.37. The Morgan fingerprint density at radius 2 is 2.11 bits per heavy atom. The van der Waals surface area contributed by atoms with Crippen LogP contribution in [0.4, 0.5) is 4.39 Å². The van der Waals surface area contributed by atoms with Gasteiger partial charge in [-0.15, -0.1) is 0 Å². The van der Waals surface area contributed by atoms with Crippen molar-refractivity contribution < 1.29 is 4.39 Å². The van der Waals surface area contributed by atoms with Gasteiger partial charge in [0.05, 0.1) is 9.91 Å². The highest BCUT2D eigenvalue weighted by atomic mass is 79.9. The molecule has 0 aliphatic carbocycles. The number of hydrogen-bond donors (Lipinski definition) is 0. The van der Waals surface area contributed by atoms with Crippen LogP contribution in [0.5, 0.6) is 0 Å². The second-order valence-corrected chi connectivity index (χ2v) is 6.20. The first-order chi connectivity index (χ1) is 4.06. The summed E-state index contributed by atoms with van der Waals surface area (Å²) in [6, 6.07) is 0. The Morgan fingerprint density at radius 3 is 2.44 bits per heavy atom. The minimum atomic E-state index is -0.285. The summed E-state index contributed by atoms with van der Waals surface area (Å²) in [7, 11) is 0. The van der Waals surface area contributed by atoms with Gasteiger partial charge in [0.2, 0.25) is 0 Å². The highest BCUT2D eigenvalue weighted by molar-refractivity contribution is 9.25. The maximum atomic E-state index is 11.5. The molecule has 0 unspecified atom stereocenters. The molecular weight excluding hydrogens is 251 g/mol. The molecule has 0 spiro atoms. The van der Waals surface area contributed by atoms with Gasteiger partial charge in [-0.05, 0) is 13.3 Å². The van der Waals surface area contributed by atoms with Gasteiger partial charge in [0, 0.05) is 0 Å². The molecule has 0 saturated carbocycles. The first kappa shape index (κ1) is 9.63. The third-order valence-corrected chi connectivity index (χ3v) is 1.21. The van der Waals surface area contributed by atoms with E-state index in [9.17, 15) is 4.39 Å². The van der Waals surface area contributed by atoms with E-state index in [2.05, 4.69) is 31.9 Å². The fourth-order valence-electron chi connectivity index (χ4n) is 0.353. The number of alkyl halides is 3. The van der Waals surface area contributed by atoms with Crippen molar-refractivity contribution in [3.05, 3.63) is 12.2 Å². The van der Waals surface area contributed by atoms with E-state index in [1.54, 1.807) is 6.08 Å². The summed E-state index contributed by atoms with van der Waals surface area (Å²) < 4.78 is 11.3. The van der Waals surface area contributed by atoms with E-state index in [-0.39, 0.29) is 9.91 Å². The van der Waals surface area contributed by atoms with Gasteiger partial charge < -0.3 is 0 Å². The lowest BCUT2D eigenvalue weighted by atomic mass is 10.3. The molecule has 9 heavy (non-hydrogen) atoms. The zero-order chi connectivity index (χ0) is 7.33. The van der Waals surface area contributed by atoms with E-state index in [0.29, 0.717) is 6.42 Å². The van der Waals surface area contributed by atoms with Crippen molar-refractivity contribution in [3.63, 3.8) is 0 Å². The van der Waals surface area contributed by atoms with Gasteiger partial charge in [-0.1, -0.05) is 44.0 Å². The predicted molar refractivity (Wildman–Crippen MR) is 46.0 cm³/mol. The Balaban J connectivity index is 3.45. The monoisotopic (exact) mass is 258 g/mol. The van der Waals surface area contributed by atoms with Gasteiger partial charge in [0.1, 0.15) is 0 Å². The van der Waals surface area contributed by atoms with Crippen molar-refractivity contribution in [2.75, 3.05) is 6.67 Å². The van der Waals surface area contributed by atoms with E-state index < -0.39 is 0 Å². The Morgan fingerprint density at radius 1 is 1.56 bits per heavy atom. The van der Waals surface area contributed by atoms with Crippen molar-refractivity contribution in [1.82, 2.24) is 0 Å². The maximum Gasteiger partial charge on any atom is 0.0956 e. The highest BCUT2D eigenvalue weighted by Gasteiger charge is 2.07. The van der Waals surface area contributed by atoms with Gasteiger partial charge in [-0.2, -0.15) is 0 Å². The summed E-state index contributed by atoms with van der Waals surface area (Å²) in [5, 5.41) is 0.